The fraction of sp³-hybridized carbons (Fsp3) is 0.467. The van der Waals surface area contributed by atoms with Crippen LogP contribution in [0.2, 0.25) is 0 Å². The minimum absolute atomic E-state index is 0.158. The summed E-state index contributed by atoms with van der Waals surface area (Å²) in [5.74, 6) is 1.34. The average Bonchev–Trinajstić information content (AvgIpc) is 2.97. The number of hydrogen-bond donors (Lipinski definition) is 0. The van der Waals surface area contributed by atoms with Gasteiger partial charge in [0, 0.05) is 12.3 Å². The van der Waals surface area contributed by atoms with Crippen LogP contribution in [0.5, 0.6) is 5.75 Å². The van der Waals surface area contributed by atoms with Crippen molar-refractivity contribution in [2.24, 2.45) is 5.92 Å². The Morgan fingerprint density at radius 2 is 2.11 bits per heavy atom. The molecule has 3 nitrogen and oxygen atoms in total. The SMILES string of the molecule is C=COC1CC2CC(COc3ccccc3)C1O2. The van der Waals surface area contributed by atoms with Gasteiger partial charge in [-0.2, -0.15) is 0 Å². The van der Waals surface area contributed by atoms with Crippen LogP contribution in [0.1, 0.15) is 12.8 Å². The van der Waals surface area contributed by atoms with Gasteiger partial charge in [0.25, 0.3) is 0 Å². The molecule has 2 fully saturated rings. The summed E-state index contributed by atoms with van der Waals surface area (Å²) >= 11 is 0. The maximum atomic E-state index is 5.89. The van der Waals surface area contributed by atoms with Crippen molar-refractivity contribution in [2.45, 2.75) is 31.2 Å². The van der Waals surface area contributed by atoms with Gasteiger partial charge in [0.2, 0.25) is 0 Å². The lowest BCUT2D eigenvalue weighted by Crippen LogP contribution is -2.34. The molecule has 4 unspecified atom stereocenters. The molecule has 1 aromatic carbocycles. The van der Waals surface area contributed by atoms with Gasteiger partial charge >= 0.3 is 0 Å². The first kappa shape index (κ1) is 11.6. The minimum atomic E-state index is 0.158. The first-order valence-electron chi connectivity index (χ1n) is 6.46. The van der Waals surface area contributed by atoms with Gasteiger partial charge in [-0.05, 0) is 18.6 Å². The second-order valence-corrected chi connectivity index (χ2v) is 4.92. The van der Waals surface area contributed by atoms with E-state index < -0.39 is 0 Å². The summed E-state index contributed by atoms with van der Waals surface area (Å²) < 4.78 is 17.2. The molecule has 96 valence electrons. The summed E-state index contributed by atoms with van der Waals surface area (Å²) in [4.78, 5) is 0. The Morgan fingerprint density at radius 3 is 2.83 bits per heavy atom. The van der Waals surface area contributed by atoms with Crippen molar-refractivity contribution >= 4 is 0 Å². The van der Waals surface area contributed by atoms with E-state index in [1.54, 1.807) is 0 Å². The zero-order valence-corrected chi connectivity index (χ0v) is 10.3. The first-order chi connectivity index (χ1) is 8.86. The molecule has 0 aromatic heterocycles. The van der Waals surface area contributed by atoms with Crippen LogP contribution in [0.15, 0.2) is 43.2 Å². The van der Waals surface area contributed by atoms with E-state index in [2.05, 4.69) is 6.58 Å². The lowest BCUT2D eigenvalue weighted by atomic mass is 9.87. The number of fused-ring (bicyclic) bond motifs is 2. The Bertz CT molecular complexity index is 403. The maximum Gasteiger partial charge on any atom is 0.127 e. The highest BCUT2D eigenvalue weighted by Crippen LogP contribution is 2.40. The fourth-order valence-corrected chi connectivity index (χ4v) is 2.94. The summed E-state index contributed by atoms with van der Waals surface area (Å²) in [6, 6.07) is 9.91. The molecule has 0 N–H and O–H groups in total. The topological polar surface area (TPSA) is 27.7 Å². The largest absolute Gasteiger partial charge is 0.496 e. The van der Waals surface area contributed by atoms with E-state index in [1.165, 1.54) is 6.26 Å². The van der Waals surface area contributed by atoms with Gasteiger partial charge in [-0.1, -0.05) is 24.8 Å². The van der Waals surface area contributed by atoms with Gasteiger partial charge < -0.3 is 14.2 Å². The number of hydrogen-bond acceptors (Lipinski definition) is 3. The molecule has 4 atom stereocenters. The predicted octanol–water partition coefficient (Wildman–Crippen LogP) is 2.77. The molecule has 0 amide bonds. The highest BCUT2D eigenvalue weighted by molar-refractivity contribution is 5.21. The van der Waals surface area contributed by atoms with Gasteiger partial charge in [-0.25, -0.2) is 0 Å². The predicted molar refractivity (Wildman–Crippen MR) is 68.4 cm³/mol. The van der Waals surface area contributed by atoms with E-state index in [4.69, 9.17) is 14.2 Å². The third-order valence-electron chi connectivity index (χ3n) is 3.72. The molecular weight excluding hydrogens is 228 g/mol. The molecule has 2 aliphatic rings. The van der Waals surface area contributed by atoms with E-state index in [1.807, 2.05) is 30.3 Å². The van der Waals surface area contributed by atoms with Crippen LogP contribution in [0.3, 0.4) is 0 Å². The van der Waals surface area contributed by atoms with Gasteiger partial charge in [0.05, 0.1) is 19.0 Å². The Morgan fingerprint density at radius 1 is 1.28 bits per heavy atom. The number of benzene rings is 1. The molecule has 2 saturated heterocycles. The Balaban J connectivity index is 1.56. The summed E-state index contributed by atoms with van der Waals surface area (Å²) in [7, 11) is 0. The van der Waals surface area contributed by atoms with Crippen LogP contribution in [-0.4, -0.2) is 24.9 Å². The Labute approximate surface area is 107 Å². The standard InChI is InChI=1S/C15H18O3/c1-2-16-14-9-13-8-11(15(14)18-13)10-17-12-6-4-3-5-7-12/h2-7,11,13-15H,1,8-10H2. The fourth-order valence-electron chi connectivity index (χ4n) is 2.94. The van der Waals surface area contributed by atoms with E-state index in [9.17, 15) is 0 Å². The monoisotopic (exact) mass is 246 g/mol. The average molecular weight is 246 g/mol. The van der Waals surface area contributed by atoms with Crippen LogP contribution >= 0.6 is 0 Å². The van der Waals surface area contributed by atoms with Gasteiger partial charge in [-0.3, -0.25) is 0 Å². The zero-order valence-electron chi connectivity index (χ0n) is 10.3. The molecule has 18 heavy (non-hydrogen) atoms. The van der Waals surface area contributed by atoms with Crippen molar-refractivity contribution in [3.63, 3.8) is 0 Å². The summed E-state index contributed by atoms with van der Waals surface area (Å²) in [6.45, 7) is 4.31. The van der Waals surface area contributed by atoms with E-state index in [-0.39, 0.29) is 12.2 Å². The summed E-state index contributed by atoms with van der Waals surface area (Å²) in [5, 5.41) is 0. The Hall–Kier alpha value is -1.48. The molecule has 1 aromatic rings. The highest BCUT2D eigenvalue weighted by atomic mass is 16.6. The van der Waals surface area contributed by atoms with Gasteiger partial charge in [-0.15, -0.1) is 0 Å². The van der Waals surface area contributed by atoms with Crippen LogP contribution in [-0.2, 0) is 9.47 Å². The van der Waals surface area contributed by atoms with Crippen LogP contribution in [0, 0.1) is 5.92 Å². The van der Waals surface area contributed by atoms with Gasteiger partial charge in [0.15, 0.2) is 0 Å². The van der Waals surface area contributed by atoms with Crippen LogP contribution < -0.4 is 4.74 Å². The number of rotatable bonds is 5. The highest BCUT2D eigenvalue weighted by Gasteiger charge is 2.48. The van der Waals surface area contributed by atoms with Crippen LogP contribution in [0.4, 0.5) is 0 Å². The van der Waals surface area contributed by atoms with Crippen LogP contribution in [0.25, 0.3) is 0 Å². The maximum absolute atomic E-state index is 5.89. The van der Waals surface area contributed by atoms with E-state index in [0.717, 1.165) is 18.6 Å². The van der Waals surface area contributed by atoms with Gasteiger partial charge in [0.1, 0.15) is 18.0 Å². The van der Waals surface area contributed by atoms with Crippen molar-refractivity contribution in [1.29, 1.82) is 0 Å². The second-order valence-electron chi connectivity index (χ2n) is 4.92. The molecular formula is C15H18O3. The molecule has 2 aliphatic heterocycles. The van der Waals surface area contributed by atoms with Crippen molar-refractivity contribution < 1.29 is 14.2 Å². The van der Waals surface area contributed by atoms with Crippen molar-refractivity contribution in [1.82, 2.24) is 0 Å². The Kier molecular flexibility index (Phi) is 3.24. The number of para-hydroxylation sites is 1. The lowest BCUT2D eigenvalue weighted by molar-refractivity contribution is 0.0141. The first-order valence-corrected chi connectivity index (χ1v) is 6.46. The second kappa shape index (κ2) is 5.02. The van der Waals surface area contributed by atoms with Crippen molar-refractivity contribution in [3.8, 4) is 5.75 Å². The smallest absolute Gasteiger partial charge is 0.127 e. The van der Waals surface area contributed by atoms with E-state index >= 15 is 0 Å². The normalized spacial score (nSPS) is 33.3. The zero-order chi connectivity index (χ0) is 12.4. The van der Waals surface area contributed by atoms with E-state index in [0.29, 0.717) is 18.6 Å². The minimum Gasteiger partial charge on any atom is -0.496 e. The molecule has 0 aliphatic carbocycles. The molecule has 3 rings (SSSR count). The molecule has 2 bridgehead atoms. The van der Waals surface area contributed by atoms with Crippen molar-refractivity contribution in [3.05, 3.63) is 43.2 Å². The molecule has 0 saturated carbocycles. The third kappa shape index (κ3) is 2.23. The summed E-state index contributed by atoms with van der Waals surface area (Å²) in [6.07, 6.45) is 4.24. The molecule has 0 spiro atoms. The quantitative estimate of drug-likeness (QED) is 0.748. The molecule has 2 heterocycles. The van der Waals surface area contributed by atoms with Crippen molar-refractivity contribution in [2.75, 3.05) is 6.61 Å². The molecule has 3 heteroatoms. The molecule has 0 radical (unpaired) electrons. The number of ether oxygens (including phenoxy) is 3. The lowest BCUT2D eigenvalue weighted by Gasteiger charge is -2.25. The summed E-state index contributed by atoms with van der Waals surface area (Å²) in [5.41, 5.74) is 0. The third-order valence-corrected chi connectivity index (χ3v) is 3.72.